The van der Waals surface area contributed by atoms with E-state index in [1.54, 1.807) is 29.7 Å². The van der Waals surface area contributed by atoms with Crippen molar-refractivity contribution in [2.45, 2.75) is 106 Å². The fraction of sp³-hybridized carbons (Fsp3) is 0.828. The maximum absolute atomic E-state index is 14.7. The van der Waals surface area contributed by atoms with Crippen LogP contribution in [0, 0.1) is 17.3 Å². The monoisotopic (exact) mass is 614 g/mol. The largest absolute Gasteiger partial charge is 0.466 e. The molecule has 3 fully saturated rings. The van der Waals surface area contributed by atoms with Gasteiger partial charge in [0, 0.05) is 35.3 Å². The molecule has 3 aliphatic rings. The predicted octanol–water partition coefficient (Wildman–Crippen LogP) is 4.80. The highest BCUT2D eigenvalue weighted by Gasteiger charge is 2.76. The molecule has 9 heteroatoms. The Morgan fingerprint density at radius 3 is 2.47 bits per heavy atom. The van der Waals surface area contributed by atoms with Gasteiger partial charge in [-0.1, -0.05) is 55.6 Å². The zero-order chi connectivity index (χ0) is 28.5. The minimum absolute atomic E-state index is 0.00156. The van der Waals surface area contributed by atoms with Crippen molar-refractivity contribution in [2.24, 2.45) is 17.3 Å². The first-order valence-electron chi connectivity index (χ1n) is 14.1. The van der Waals surface area contributed by atoms with Crippen LogP contribution in [0.3, 0.4) is 0 Å². The molecule has 0 aromatic rings. The second-order valence-corrected chi connectivity index (χ2v) is 15.6. The van der Waals surface area contributed by atoms with Gasteiger partial charge in [-0.2, -0.15) is 0 Å². The number of likely N-dealkylation sites (tertiary alicyclic amines) is 1. The summed E-state index contributed by atoms with van der Waals surface area (Å²) in [6, 6.07) is -0.647. The summed E-state index contributed by atoms with van der Waals surface area (Å²) in [4.78, 5) is 45.8. The Bertz CT molecular complexity index is 906. The van der Waals surface area contributed by atoms with Crippen LogP contribution in [-0.2, 0) is 19.1 Å². The summed E-state index contributed by atoms with van der Waals surface area (Å²) in [5, 5.41) is 9.06. The number of ether oxygens (including phenoxy) is 1. The molecule has 6 atom stereocenters. The molecule has 0 radical (unpaired) electrons. The third kappa shape index (κ3) is 5.99. The number of unbranched alkanes of at least 4 members (excludes halogenated alkanes) is 3. The Balaban J connectivity index is 2.03. The van der Waals surface area contributed by atoms with Crippen LogP contribution in [0.1, 0.15) is 80.1 Å². The number of amides is 2. The molecule has 38 heavy (non-hydrogen) atoms. The minimum atomic E-state index is -0.674. The van der Waals surface area contributed by atoms with Crippen LogP contribution in [0.15, 0.2) is 12.7 Å². The number of esters is 1. The number of hydrogen-bond donors (Lipinski definition) is 1. The Labute approximate surface area is 241 Å². The summed E-state index contributed by atoms with van der Waals surface area (Å²) in [5.41, 5.74) is -0.456. The number of carbonyl (C=O) groups is 3. The van der Waals surface area contributed by atoms with E-state index in [9.17, 15) is 14.4 Å². The smallest absolute Gasteiger partial charge is 0.310 e. The predicted molar refractivity (Wildman–Crippen MR) is 156 cm³/mol. The van der Waals surface area contributed by atoms with Crippen molar-refractivity contribution in [3.63, 3.8) is 0 Å². The van der Waals surface area contributed by atoms with Gasteiger partial charge in [0.2, 0.25) is 11.8 Å². The average molecular weight is 616 g/mol. The molecule has 3 heterocycles. The van der Waals surface area contributed by atoms with Crippen LogP contribution in [0.5, 0.6) is 0 Å². The quantitative estimate of drug-likeness (QED) is 0.139. The van der Waals surface area contributed by atoms with Gasteiger partial charge in [0.1, 0.15) is 6.04 Å². The molecule has 3 rings (SSSR count). The number of nitrogens with zero attached hydrogens (tertiary/aromatic N) is 2. The zero-order valence-corrected chi connectivity index (χ0v) is 26.4. The zero-order valence-electron chi connectivity index (χ0n) is 24.0. The molecule has 2 amide bonds. The third-order valence-electron chi connectivity index (χ3n) is 8.16. The molecule has 1 N–H and O–H groups in total. The Kier molecular flexibility index (Phi) is 10.1. The first-order valence-corrected chi connectivity index (χ1v) is 15.9. The van der Waals surface area contributed by atoms with Crippen LogP contribution in [0.4, 0.5) is 0 Å². The molecule has 3 aliphatic heterocycles. The van der Waals surface area contributed by atoms with Gasteiger partial charge in [0.15, 0.2) is 0 Å². The second-order valence-electron chi connectivity index (χ2n) is 12.9. The summed E-state index contributed by atoms with van der Waals surface area (Å²) in [5.74, 6) is -1.60. The molecular formula is C29H47BrN2O5S. The van der Waals surface area contributed by atoms with E-state index in [4.69, 9.17) is 9.84 Å². The highest BCUT2D eigenvalue weighted by atomic mass is 79.9. The number of aliphatic hydroxyl groups excluding tert-OH is 1. The highest BCUT2D eigenvalue weighted by Crippen LogP contribution is 2.68. The maximum atomic E-state index is 14.7. The lowest BCUT2D eigenvalue weighted by Crippen LogP contribution is -2.60. The van der Waals surface area contributed by atoms with Gasteiger partial charge < -0.3 is 19.6 Å². The topological polar surface area (TPSA) is 87.2 Å². The molecule has 0 aliphatic carbocycles. The fourth-order valence-corrected chi connectivity index (χ4v) is 10.8. The summed E-state index contributed by atoms with van der Waals surface area (Å²) in [6.45, 7) is 17.7. The number of thioether (sulfide) groups is 1. The van der Waals surface area contributed by atoms with E-state index in [0.717, 1.165) is 32.1 Å². The van der Waals surface area contributed by atoms with Crippen molar-refractivity contribution in [1.29, 1.82) is 0 Å². The Morgan fingerprint density at radius 1 is 1.24 bits per heavy atom. The number of fused-ring (bicyclic) bond motifs is 1. The molecule has 7 nitrogen and oxygen atoms in total. The van der Waals surface area contributed by atoms with Crippen molar-refractivity contribution in [2.75, 3.05) is 26.3 Å². The van der Waals surface area contributed by atoms with Crippen LogP contribution >= 0.6 is 27.7 Å². The van der Waals surface area contributed by atoms with Crippen LogP contribution in [-0.4, -0.2) is 85.4 Å². The van der Waals surface area contributed by atoms with Gasteiger partial charge >= 0.3 is 5.97 Å². The van der Waals surface area contributed by atoms with Crippen molar-refractivity contribution in [3.05, 3.63) is 12.7 Å². The first kappa shape index (κ1) is 31.5. The lowest BCUT2D eigenvalue weighted by molar-refractivity contribution is -0.153. The van der Waals surface area contributed by atoms with E-state index >= 15 is 0 Å². The van der Waals surface area contributed by atoms with Crippen LogP contribution in [0.2, 0.25) is 0 Å². The van der Waals surface area contributed by atoms with Gasteiger partial charge in [-0.05, 0) is 51.9 Å². The minimum Gasteiger partial charge on any atom is -0.466 e. The Morgan fingerprint density at radius 2 is 1.89 bits per heavy atom. The van der Waals surface area contributed by atoms with Crippen molar-refractivity contribution < 1.29 is 24.2 Å². The van der Waals surface area contributed by atoms with E-state index in [1.807, 2.05) is 4.90 Å². The van der Waals surface area contributed by atoms with Crippen molar-refractivity contribution >= 4 is 45.5 Å². The molecule has 2 bridgehead atoms. The van der Waals surface area contributed by atoms with Crippen LogP contribution < -0.4 is 0 Å². The lowest BCUT2D eigenvalue weighted by atomic mass is 9.70. The molecule has 1 spiro atoms. The Hall–Kier alpha value is -1.06. The number of carbonyl (C=O) groups excluding carboxylic acids is 3. The summed E-state index contributed by atoms with van der Waals surface area (Å²) >= 11 is 5.46. The summed E-state index contributed by atoms with van der Waals surface area (Å²) < 4.78 is 4.78. The van der Waals surface area contributed by atoms with E-state index in [1.165, 1.54) is 0 Å². The fourth-order valence-electron chi connectivity index (χ4n) is 7.21. The van der Waals surface area contributed by atoms with Crippen LogP contribution in [0.25, 0.3) is 0 Å². The van der Waals surface area contributed by atoms with Gasteiger partial charge in [0.05, 0.1) is 23.2 Å². The summed E-state index contributed by atoms with van der Waals surface area (Å²) in [6.07, 6.45) is 6.44. The second kappa shape index (κ2) is 12.2. The number of aliphatic hydroxyl groups is 1. The van der Waals surface area contributed by atoms with E-state index in [2.05, 4.69) is 57.1 Å². The number of hydrogen-bond acceptors (Lipinski definition) is 6. The van der Waals surface area contributed by atoms with Crippen molar-refractivity contribution in [1.82, 2.24) is 9.80 Å². The standard InChI is InChI=1S/C29H47BrN2O5S/c1-8-14-32(28(6,7)18-27(3,4)5)25(35)23-29-17-19(30)22(38-29)20(26(36)37-9-2)21(29)24(34)31(23)15-12-10-11-13-16-33/h8,19-23,33H,1,9-18H2,2-7H3/t19?,20-,21+,22-,23?,29?/m1/s1. The molecule has 0 aromatic carbocycles. The molecule has 3 unspecified atom stereocenters. The van der Waals surface area contributed by atoms with E-state index in [0.29, 0.717) is 19.5 Å². The number of halogens is 1. The van der Waals surface area contributed by atoms with Crippen molar-refractivity contribution in [3.8, 4) is 0 Å². The number of rotatable bonds is 13. The van der Waals surface area contributed by atoms with E-state index < -0.39 is 28.2 Å². The molecule has 216 valence electrons. The normalized spacial score (nSPS) is 30.5. The van der Waals surface area contributed by atoms with E-state index in [-0.39, 0.29) is 46.5 Å². The molecular weight excluding hydrogens is 568 g/mol. The first-order chi connectivity index (χ1) is 17.8. The van der Waals surface area contributed by atoms with Gasteiger partial charge in [0.25, 0.3) is 0 Å². The van der Waals surface area contributed by atoms with Gasteiger partial charge in [-0.15, -0.1) is 18.3 Å². The maximum Gasteiger partial charge on any atom is 0.310 e. The molecule has 3 saturated heterocycles. The highest BCUT2D eigenvalue weighted by molar-refractivity contribution is 9.09. The molecule has 0 saturated carbocycles. The SMILES string of the molecule is C=CCN(C(=O)C1N(CCCCCCO)C(=O)[C@@H]2[C@@H](C(=O)OCC)[C@@H]3SC12CC3Br)C(C)(C)CC(C)(C)C. The summed E-state index contributed by atoms with van der Waals surface area (Å²) in [7, 11) is 0. The van der Waals surface area contributed by atoms with Gasteiger partial charge in [-0.25, -0.2) is 0 Å². The third-order valence-corrected chi connectivity index (χ3v) is 11.4. The average Bonchev–Trinajstić information content (AvgIpc) is 3.39. The lowest BCUT2D eigenvalue weighted by Gasteiger charge is -2.46. The van der Waals surface area contributed by atoms with Gasteiger partial charge in [-0.3, -0.25) is 14.4 Å². The molecule has 0 aromatic heterocycles. The number of alkyl halides is 1.